The first-order valence-electron chi connectivity index (χ1n) is 7.57. The Balaban J connectivity index is 1.63. The number of thioether (sulfide) groups is 1. The van der Waals surface area contributed by atoms with Gasteiger partial charge in [0.2, 0.25) is 5.91 Å². The third kappa shape index (κ3) is 3.69. The van der Waals surface area contributed by atoms with Crippen molar-refractivity contribution in [1.29, 1.82) is 0 Å². The Morgan fingerprint density at radius 3 is 2.78 bits per heavy atom. The number of hydrogen-bond acceptors (Lipinski definition) is 5. The molecule has 0 aromatic heterocycles. The van der Waals surface area contributed by atoms with Gasteiger partial charge in [-0.25, -0.2) is 0 Å². The van der Waals surface area contributed by atoms with Gasteiger partial charge in [-0.05, 0) is 30.9 Å². The molecule has 0 unspecified atom stereocenters. The molecule has 2 aliphatic rings. The monoisotopic (exact) mass is 353 g/mol. The fraction of sp³-hybridized carbons (Fsp3) is 0.467. The van der Waals surface area contributed by atoms with Crippen LogP contribution in [-0.4, -0.2) is 43.2 Å². The standard InChI is InChI=1S/C15H19N3O3S2/c1-11-6-8-18(9-7-11)14(19)10-22-15-16-12-4-2-3-5-13(12)23(20,21)17-15/h2-5,11H,6-10H2,1H3,(H,16,17). The van der Waals surface area contributed by atoms with Crippen molar-refractivity contribution < 1.29 is 13.2 Å². The van der Waals surface area contributed by atoms with Crippen LogP contribution in [0.3, 0.4) is 0 Å². The number of carbonyl (C=O) groups excluding carboxylic acids is 1. The third-order valence-electron chi connectivity index (χ3n) is 4.08. The molecule has 0 aliphatic carbocycles. The van der Waals surface area contributed by atoms with E-state index in [2.05, 4.69) is 16.6 Å². The number of nitrogens with one attached hydrogen (secondary N) is 1. The van der Waals surface area contributed by atoms with Gasteiger partial charge in [0.15, 0.2) is 5.17 Å². The maximum Gasteiger partial charge on any atom is 0.286 e. The summed E-state index contributed by atoms with van der Waals surface area (Å²) in [6, 6.07) is 6.63. The summed E-state index contributed by atoms with van der Waals surface area (Å²) in [5.41, 5.74) is 0.504. The van der Waals surface area contributed by atoms with Gasteiger partial charge in [0.25, 0.3) is 10.0 Å². The van der Waals surface area contributed by atoms with Crippen molar-refractivity contribution in [3.05, 3.63) is 24.3 Å². The second-order valence-corrected chi connectivity index (χ2v) is 8.38. The maximum absolute atomic E-state index is 12.2. The van der Waals surface area contributed by atoms with E-state index in [1.165, 1.54) is 6.07 Å². The molecule has 6 nitrogen and oxygen atoms in total. The highest BCUT2D eigenvalue weighted by Crippen LogP contribution is 2.29. The lowest BCUT2D eigenvalue weighted by Gasteiger charge is -2.30. The molecule has 0 spiro atoms. The molecule has 2 heterocycles. The highest BCUT2D eigenvalue weighted by Gasteiger charge is 2.26. The number of benzene rings is 1. The maximum atomic E-state index is 12.2. The summed E-state index contributed by atoms with van der Waals surface area (Å²) in [6.45, 7) is 3.75. The molecule has 3 rings (SSSR count). The minimum atomic E-state index is -3.69. The summed E-state index contributed by atoms with van der Waals surface area (Å²) >= 11 is 1.13. The van der Waals surface area contributed by atoms with Crippen LogP contribution >= 0.6 is 11.8 Å². The molecule has 8 heteroatoms. The smallest absolute Gasteiger partial charge is 0.286 e. The number of hydrogen-bond donors (Lipinski definition) is 1. The molecule has 124 valence electrons. The molecular weight excluding hydrogens is 334 g/mol. The molecule has 1 N–H and O–H groups in total. The zero-order chi connectivity index (χ0) is 16.4. The Bertz CT molecular complexity index is 738. The molecule has 1 aromatic carbocycles. The van der Waals surface area contributed by atoms with Crippen LogP contribution in [0.2, 0.25) is 0 Å². The lowest BCUT2D eigenvalue weighted by Crippen LogP contribution is -2.39. The highest BCUT2D eigenvalue weighted by molar-refractivity contribution is 8.15. The van der Waals surface area contributed by atoms with E-state index in [0.717, 1.165) is 37.7 Å². The predicted octanol–water partition coefficient (Wildman–Crippen LogP) is 2.15. The summed E-state index contributed by atoms with van der Waals surface area (Å²) in [5, 5.41) is 3.23. The van der Waals surface area contributed by atoms with E-state index in [-0.39, 0.29) is 21.7 Å². The Morgan fingerprint density at radius 2 is 2.04 bits per heavy atom. The Kier molecular flexibility index (Phi) is 4.63. The van der Waals surface area contributed by atoms with E-state index in [4.69, 9.17) is 0 Å². The van der Waals surface area contributed by atoms with Gasteiger partial charge in [0.05, 0.1) is 11.4 Å². The van der Waals surface area contributed by atoms with Gasteiger partial charge >= 0.3 is 0 Å². The van der Waals surface area contributed by atoms with Crippen molar-refractivity contribution in [2.45, 2.75) is 24.7 Å². The van der Waals surface area contributed by atoms with Crippen molar-refractivity contribution >= 4 is 38.5 Å². The number of carbonyl (C=O) groups is 1. The van der Waals surface area contributed by atoms with Crippen LogP contribution in [0.5, 0.6) is 0 Å². The number of likely N-dealkylation sites (tertiary alicyclic amines) is 1. The van der Waals surface area contributed by atoms with E-state index < -0.39 is 10.0 Å². The average Bonchev–Trinajstić information content (AvgIpc) is 2.53. The van der Waals surface area contributed by atoms with Crippen LogP contribution in [0, 0.1) is 5.92 Å². The predicted molar refractivity (Wildman–Crippen MR) is 92.1 cm³/mol. The quantitative estimate of drug-likeness (QED) is 0.881. The second kappa shape index (κ2) is 6.52. The summed E-state index contributed by atoms with van der Waals surface area (Å²) in [5.74, 6) is 0.887. The number of amides is 1. The van der Waals surface area contributed by atoms with Crippen molar-refractivity contribution in [2.24, 2.45) is 10.3 Å². The lowest BCUT2D eigenvalue weighted by molar-refractivity contribution is -0.129. The van der Waals surface area contributed by atoms with Crippen molar-refractivity contribution in [2.75, 3.05) is 24.2 Å². The number of amidine groups is 1. The summed E-state index contributed by atoms with van der Waals surface area (Å²) in [6.07, 6.45) is 2.05. The number of fused-ring (bicyclic) bond motifs is 1. The fourth-order valence-corrected chi connectivity index (χ4v) is 4.77. The van der Waals surface area contributed by atoms with Crippen molar-refractivity contribution in [1.82, 2.24) is 4.90 Å². The topological polar surface area (TPSA) is 78.8 Å². The molecule has 1 fully saturated rings. The normalized spacial score (nSPS) is 20.4. The van der Waals surface area contributed by atoms with Crippen LogP contribution in [0.25, 0.3) is 0 Å². The van der Waals surface area contributed by atoms with Crippen molar-refractivity contribution in [3.8, 4) is 0 Å². The first-order valence-corrected chi connectivity index (χ1v) is 10.00. The van der Waals surface area contributed by atoms with Gasteiger partial charge in [-0.15, -0.1) is 4.40 Å². The molecule has 2 aliphatic heterocycles. The fourth-order valence-electron chi connectivity index (χ4n) is 2.63. The van der Waals surface area contributed by atoms with E-state index in [1.54, 1.807) is 18.2 Å². The van der Waals surface area contributed by atoms with Crippen molar-refractivity contribution in [3.63, 3.8) is 0 Å². The van der Waals surface area contributed by atoms with Gasteiger partial charge in [0, 0.05) is 13.1 Å². The molecule has 0 saturated carbocycles. The third-order valence-corrected chi connectivity index (χ3v) is 6.39. The molecular formula is C15H19N3O3S2. The van der Waals surface area contributed by atoms with Gasteiger partial charge < -0.3 is 10.2 Å². The summed E-state index contributed by atoms with van der Waals surface area (Å²) in [7, 11) is -3.69. The first kappa shape index (κ1) is 16.3. The number of sulfonamides is 1. The number of rotatable bonds is 2. The summed E-state index contributed by atoms with van der Waals surface area (Å²) < 4.78 is 28.0. The number of piperidine rings is 1. The summed E-state index contributed by atoms with van der Waals surface area (Å²) in [4.78, 5) is 14.2. The zero-order valence-electron chi connectivity index (χ0n) is 12.9. The molecule has 23 heavy (non-hydrogen) atoms. The zero-order valence-corrected chi connectivity index (χ0v) is 14.5. The van der Waals surface area contributed by atoms with E-state index in [0.29, 0.717) is 11.6 Å². The second-order valence-electron chi connectivity index (χ2n) is 5.84. The lowest BCUT2D eigenvalue weighted by atomic mass is 9.99. The highest BCUT2D eigenvalue weighted by atomic mass is 32.2. The van der Waals surface area contributed by atoms with Crippen LogP contribution in [-0.2, 0) is 14.8 Å². The largest absolute Gasteiger partial charge is 0.342 e. The molecule has 0 atom stereocenters. The Labute approximate surface area is 140 Å². The van der Waals surface area contributed by atoms with Gasteiger partial charge in [-0.2, -0.15) is 8.42 Å². The first-order chi connectivity index (χ1) is 11.0. The number of para-hydroxylation sites is 1. The van der Waals surface area contributed by atoms with Crippen LogP contribution in [0.1, 0.15) is 19.8 Å². The molecule has 1 aromatic rings. The van der Waals surface area contributed by atoms with Crippen LogP contribution in [0.15, 0.2) is 33.6 Å². The minimum absolute atomic E-state index is 0.0302. The molecule has 1 amide bonds. The molecule has 1 saturated heterocycles. The van der Waals surface area contributed by atoms with E-state index in [1.807, 2.05) is 4.90 Å². The molecule has 0 radical (unpaired) electrons. The number of nitrogens with zero attached hydrogens (tertiary/aromatic N) is 2. The minimum Gasteiger partial charge on any atom is -0.342 e. The number of anilines is 1. The van der Waals surface area contributed by atoms with Gasteiger partial charge in [-0.1, -0.05) is 30.8 Å². The van der Waals surface area contributed by atoms with E-state index >= 15 is 0 Å². The van der Waals surface area contributed by atoms with Gasteiger partial charge in [0.1, 0.15) is 4.90 Å². The average molecular weight is 353 g/mol. The molecule has 0 bridgehead atoms. The van der Waals surface area contributed by atoms with E-state index in [9.17, 15) is 13.2 Å². The Morgan fingerprint density at radius 1 is 1.35 bits per heavy atom. The van der Waals surface area contributed by atoms with Gasteiger partial charge in [-0.3, -0.25) is 4.79 Å². The Hall–Kier alpha value is -1.54. The van der Waals surface area contributed by atoms with Crippen LogP contribution in [0.4, 0.5) is 5.69 Å². The SMILES string of the molecule is CC1CCN(C(=O)CSC2=NS(=O)(=O)c3ccccc3N2)CC1. The van der Waals surface area contributed by atoms with Crippen LogP contribution < -0.4 is 5.32 Å².